The van der Waals surface area contributed by atoms with Crippen LogP contribution in [-0.4, -0.2) is 46.6 Å². The zero-order valence-electron chi connectivity index (χ0n) is 23.7. The normalized spacial score (nSPS) is 14.3. The molecule has 0 saturated heterocycles. The summed E-state index contributed by atoms with van der Waals surface area (Å²) in [5.74, 6) is 1.23. The van der Waals surface area contributed by atoms with Crippen molar-refractivity contribution in [2.24, 2.45) is 0 Å². The van der Waals surface area contributed by atoms with E-state index in [1.807, 2.05) is 18.2 Å². The van der Waals surface area contributed by atoms with Gasteiger partial charge in [-0.15, -0.1) is 0 Å². The van der Waals surface area contributed by atoms with Crippen LogP contribution in [0.5, 0.6) is 11.5 Å². The Bertz CT molecular complexity index is 1780. The van der Waals surface area contributed by atoms with Crippen LogP contribution in [0.25, 0.3) is 5.69 Å². The van der Waals surface area contributed by atoms with Crippen molar-refractivity contribution in [2.45, 2.75) is 38.4 Å². The second-order valence-electron chi connectivity index (χ2n) is 10.6. The molecular weight excluding hydrogens is 636 g/mol. The van der Waals surface area contributed by atoms with Crippen LogP contribution in [0.2, 0.25) is 5.02 Å². The third kappa shape index (κ3) is 5.69. The smallest absolute Gasteiger partial charge is 0.333 e. The van der Waals surface area contributed by atoms with Gasteiger partial charge in [0, 0.05) is 29.7 Å². The van der Waals surface area contributed by atoms with Crippen LogP contribution >= 0.6 is 27.5 Å². The third-order valence-corrected chi connectivity index (χ3v) is 9.22. The second-order valence-corrected chi connectivity index (χ2v) is 11.9. The number of carbonyl (C=O) groups excluding carboxylic acids is 2. The van der Waals surface area contributed by atoms with E-state index in [2.05, 4.69) is 21.2 Å². The number of nitrogens with one attached hydrogen (secondary N) is 1. The lowest BCUT2D eigenvalue weighted by Gasteiger charge is -2.28. The molecule has 2 heterocycles. The maximum Gasteiger partial charge on any atom is 0.333 e. The maximum absolute atomic E-state index is 14.0. The number of hydrogen-bond acceptors (Lipinski definition) is 5. The summed E-state index contributed by atoms with van der Waals surface area (Å²) in [5.41, 5.74) is 3.45. The first-order chi connectivity index (χ1) is 20.8. The number of fused-ring (bicyclic) bond motifs is 1. The lowest BCUT2D eigenvalue weighted by Crippen LogP contribution is -2.41. The van der Waals surface area contributed by atoms with E-state index in [0.29, 0.717) is 44.7 Å². The van der Waals surface area contributed by atoms with Crippen LogP contribution in [0, 0.1) is 0 Å². The van der Waals surface area contributed by atoms with Crippen molar-refractivity contribution in [3.05, 3.63) is 109 Å². The van der Waals surface area contributed by atoms with Crippen LogP contribution in [0.4, 0.5) is 0 Å². The van der Waals surface area contributed by atoms with Crippen molar-refractivity contribution >= 4 is 39.3 Å². The summed E-state index contributed by atoms with van der Waals surface area (Å²) in [5, 5.41) is 3.48. The molecule has 1 aliphatic heterocycles. The van der Waals surface area contributed by atoms with Gasteiger partial charge < -0.3 is 19.7 Å². The van der Waals surface area contributed by atoms with E-state index in [0.717, 1.165) is 29.7 Å². The van der Waals surface area contributed by atoms with Crippen LogP contribution in [0.15, 0.2) is 69.9 Å². The van der Waals surface area contributed by atoms with E-state index in [-0.39, 0.29) is 36.9 Å². The summed E-state index contributed by atoms with van der Waals surface area (Å²) < 4.78 is 14.4. The van der Waals surface area contributed by atoms with Gasteiger partial charge in [0.25, 0.3) is 11.8 Å². The highest BCUT2D eigenvalue weighted by molar-refractivity contribution is 9.10. The number of nitrogens with zero attached hydrogens (tertiary/aromatic N) is 3. The molecule has 0 radical (unpaired) electrons. The molecule has 6 rings (SSSR count). The number of halogens is 2. The molecule has 0 unspecified atom stereocenters. The fourth-order valence-electron chi connectivity index (χ4n) is 5.54. The Hall–Kier alpha value is -4.02. The molecule has 4 aromatic rings. The summed E-state index contributed by atoms with van der Waals surface area (Å²) in [6, 6.07) is 17.9. The highest BCUT2D eigenvalue weighted by atomic mass is 79.9. The molecule has 11 heteroatoms. The number of ether oxygens (including phenoxy) is 2. The van der Waals surface area contributed by atoms with Crippen molar-refractivity contribution in [1.82, 2.24) is 19.4 Å². The van der Waals surface area contributed by atoms with Gasteiger partial charge in [0.15, 0.2) is 0 Å². The summed E-state index contributed by atoms with van der Waals surface area (Å²) in [7, 11) is 3.21. The number of imidazole rings is 1. The molecule has 0 bridgehead atoms. The molecule has 0 spiro atoms. The molecule has 2 amide bonds. The largest absolute Gasteiger partial charge is 0.497 e. The van der Waals surface area contributed by atoms with Crippen LogP contribution < -0.4 is 20.5 Å². The molecule has 43 heavy (non-hydrogen) atoms. The summed E-state index contributed by atoms with van der Waals surface area (Å²) in [6.45, 7) is 0.932. The van der Waals surface area contributed by atoms with Crippen molar-refractivity contribution in [1.29, 1.82) is 0 Å². The summed E-state index contributed by atoms with van der Waals surface area (Å²) >= 11 is 9.62. The van der Waals surface area contributed by atoms with Gasteiger partial charge in [0.2, 0.25) is 0 Å². The molecule has 1 fully saturated rings. The number of amides is 2. The summed E-state index contributed by atoms with van der Waals surface area (Å²) in [6.07, 6.45) is 2.21. The fraction of sp³-hybridized carbons (Fsp3) is 0.281. The van der Waals surface area contributed by atoms with Gasteiger partial charge in [0.1, 0.15) is 17.2 Å². The van der Waals surface area contributed by atoms with Gasteiger partial charge in [-0.2, -0.15) is 0 Å². The Morgan fingerprint density at radius 1 is 0.977 bits per heavy atom. The van der Waals surface area contributed by atoms with Crippen LogP contribution in [-0.2, 0) is 19.6 Å². The van der Waals surface area contributed by atoms with Gasteiger partial charge >= 0.3 is 5.69 Å². The number of methoxy groups -OCH3 is 2. The first-order valence-electron chi connectivity index (χ1n) is 14.0. The lowest BCUT2D eigenvalue weighted by molar-refractivity contribution is 0.0706. The highest BCUT2D eigenvalue weighted by Gasteiger charge is 2.33. The lowest BCUT2D eigenvalue weighted by atomic mass is 10.0. The molecule has 3 aromatic carbocycles. The van der Waals surface area contributed by atoms with E-state index in [1.165, 1.54) is 4.57 Å². The minimum absolute atomic E-state index is 0.0868. The second kappa shape index (κ2) is 11.9. The zero-order chi connectivity index (χ0) is 30.2. The van der Waals surface area contributed by atoms with Crippen molar-refractivity contribution in [3.8, 4) is 17.2 Å². The number of hydrogen-bond donors (Lipinski definition) is 1. The number of aromatic nitrogens is 2. The van der Waals surface area contributed by atoms with Gasteiger partial charge in [-0.25, -0.2) is 4.79 Å². The van der Waals surface area contributed by atoms with Gasteiger partial charge in [-0.1, -0.05) is 17.7 Å². The first kappa shape index (κ1) is 29.1. The standard InChI is InChI=1S/C32H30BrClN4O5/c1-42-23-10-7-22(8-11-23)38-29(30(39)35-17-21-5-9-24(43-2)16-25(21)19-3-4-19)28-18-36(13-14-37(28)32(38)41)31(40)20-6-12-26(33)27(34)15-20/h5-12,15-16,19H,3-4,13-14,17-18H2,1-2H3,(H,35,39). The minimum atomic E-state index is -0.403. The summed E-state index contributed by atoms with van der Waals surface area (Å²) in [4.78, 5) is 42.9. The SMILES string of the molecule is COc1ccc(-n2c(C(=O)NCc3ccc(OC)cc3C3CC3)c3n(c2=O)CCN(C(=O)c2ccc(Br)c(Cl)c2)C3)cc1. The van der Waals surface area contributed by atoms with Crippen LogP contribution in [0.3, 0.4) is 0 Å². The first-order valence-corrected chi connectivity index (χ1v) is 15.1. The fourth-order valence-corrected chi connectivity index (χ4v) is 5.97. The molecule has 0 atom stereocenters. The quantitative estimate of drug-likeness (QED) is 0.267. The Labute approximate surface area is 262 Å². The Morgan fingerprint density at radius 2 is 1.70 bits per heavy atom. The van der Waals surface area contributed by atoms with E-state index in [4.69, 9.17) is 21.1 Å². The topological polar surface area (TPSA) is 94.8 Å². The average Bonchev–Trinajstić information content (AvgIpc) is 3.84. The molecule has 9 nitrogen and oxygen atoms in total. The van der Waals surface area contributed by atoms with Crippen molar-refractivity contribution < 1.29 is 19.1 Å². The molecule has 1 saturated carbocycles. The molecule has 1 aliphatic carbocycles. The van der Waals surface area contributed by atoms with Crippen molar-refractivity contribution in [3.63, 3.8) is 0 Å². The third-order valence-electron chi connectivity index (χ3n) is 7.99. The van der Waals surface area contributed by atoms with Gasteiger partial charge in [0.05, 0.1) is 37.2 Å². The van der Waals surface area contributed by atoms with E-state index >= 15 is 0 Å². The molecular formula is C32H30BrClN4O5. The zero-order valence-corrected chi connectivity index (χ0v) is 26.1. The van der Waals surface area contributed by atoms with Gasteiger partial charge in [-0.3, -0.25) is 18.7 Å². The van der Waals surface area contributed by atoms with E-state index < -0.39 is 5.91 Å². The number of benzene rings is 3. The molecule has 222 valence electrons. The highest BCUT2D eigenvalue weighted by Crippen LogP contribution is 2.43. The maximum atomic E-state index is 14.0. The molecule has 1 aromatic heterocycles. The average molecular weight is 666 g/mol. The minimum Gasteiger partial charge on any atom is -0.497 e. The predicted molar refractivity (Wildman–Crippen MR) is 167 cm³/mol. The van der Waals surface area contributed by atoms with Gasteiger partial charge in [-0.05, 0) is 100 Å². The van der Waals surface area contributed by atoms with E-state index in [9.17, 15) is 14.4 Å². The molecule has 2 aliphatic rings. The van der Waals surface area contributed by atoms with Crippen LogP contribution in [0.1, 0.15) is 56.4 Å². The van der Waals surface area contributed by atoms with E-state index in [1.54, 1.807) is 66.2 Å². The van der Waals surface area contributed by atoms with Crippen molar-refractivity contribution in [2.75, 3.05) is 20.8 Å². The molecule has 1 N–H and O–H groups in total. The monoisotopic (exact) mass is 664 g/mol. The number of carbonyl (C=O) groups is 2. The Balaban J connectivity index is 1.36. The Kier molecular flexibility index (Phi) is 8.07. The number of rotatable bonds is 8. The predicted octanol–water partition coefficient (Wildman–Crippen LogP) is 5.54. The Morgan fingerprint density at radius 3 is 2.37 bits per heavy atom.